The molecule has 0 bridgehead atoms. The van der Waals surface area contributed by atoms with E-state index in [1.165, 1.54) is 73.6 Å². The van der Waals surface area contributed by atoms with Crippen LogP contribution in [-0.4, -0.2) is 0 Å². The van der Waals surface area contributed by atoms with Crippen molar-refractivity contribution in [3.05, 3.63) is 59.7 Å². The zero-order valence-corrected chi connectivity index (χ0v) is 19.8. The normalized spacial score (nSPS) is 21.0. The molecule has 0 heterocycles. The molecule has 1 fully saturated rings. The van der Waals surface area contributed by atoms with Crippen LogP contribution in [0.25, 0.3) is 11.1 Å². The molecule has 3 rings (SSSR count). The highest BCUT2D eigenvalue weighted by molar-refractivity contribution is 5.64. The summed E-state index contributed by atoms with van der Waals surface area (Å²) in [6.45, 7) is 4.49. The fourth-order valence-corrected chi connectivity index (χ4v) is 5.18. The maximum atomic E-state index is 9.74. The molecule has 0 N–H and O–H groups in total. The first-order valence-corrected chi connectivity index (χ1v) is 12.8. The molecule has 31 heavy (non-hydrogen) atoms. The summed E-state index contributed by atoms with van der Waals surface area (Å²) < 4.78 is 0. The molecule has 0 unspecified atom stereocenters. The Morgan fingerprint density at radius 2 is 1.35 bits per heavy atom. The minimum Gasteiger partial charge on any atom is -0.198 e. The number of aryl methyl sites for hydroxylation is 1. The molecule has 1 heteroatoms. The van der Waals surface area contributed by atoms with E-state index in [1.807, 2.05) is 0 Å². The lowest BCUT2D eigenvalue weighted by molar-refractivity contribution is 0.224. The minimum absolute atomic E-state index is 0.0514. The molecule has 166 valence electrons. The van der Waals surface area contributed by atoms with Gasteiger partial charge in [-0.15, -0.1) is 0 Å². The average Bonchev–Trinajstić information content (AvgIpc) is 2.83. The third kappa shape index (κ3) is 6.70. The molecule has 2 aromatic rings. The van der Waals surface area contributed by atoms with E-state index in [1.54, 1.807) is 0 Å². The van der Waals surface area contributed by atoms with E-state index < -0.39 is 0 Å². The fraction of sp³-hybridized carbons (Fsp3) is 0.567. The minimum atomic E-state index is -0.0514. The zero-order valence-electron chi connectivity index (χ0n) is 19.8. The molecule has 1 aliphatic carbocycles. The van der Waals surface area contributed by atoms with Crippen LogP contribution < -0.4 is 0 Å². The van der Waals surface area contributed by atoms with Gasteiger partial charge in [-0.25, -0.2) is 0 Å². The van der Waals surface area contributed by atoms with Gasteiger partial charge in [-0.05, 0) is 73.1 Å². The van der Waals surface area contributed by atoms with E-state index >= 15 is 0 Å². The van der Waals surface area contributed by atoms with E-state index in [0.29, 0.717) is 5.92 Å². The molecule has 0 saturated heterocycles. The quantitative estimate of drug-likeness (QED) is 0.335. The molecular weight excluding hydrogens is 374 g/mol. The van der Waals surface area contributed by atoms with Gasteiger partial charge >= 0.3 is 0 Å². The van der Waals surface area contributed by atoms with Crippen LogP contribution in [-0.2, 0) is 6.42 Å². The zero-order chi connectivity index (χ0) is 21.9. The van der Waals surface area contributed by atoms with E-state index in [0.717, 1.165) is 32.1 Å². The van der Waals surface area contributed by atoms with Crippen LogP contribution in [0.2, 0.25) is 0 Å². The Morgan fingerprint density at radius 1 is 0.774 bits per heavy atom. The predicted molar refractivity (Wildman–Crippen MR) is 133 cm³/mol. The third-order valence-corrected chi connectivity index (χ3v) is 7.43. The standard InChI is InChI=1S/C30H41N/c1-3-5-7-8-9-10-25-11-13-26(14-12-25)27-15-17-28(18-16-27)29-19-22-30(24-31,23-20-29)21-6-4-2/h11-18,29H,3-10,19-23H2,1-2H3/t29-,30-. The molecule has 0 amide bonds. The topological polar surface area (TPSA) is 23.8 Å². The van der Waals surface area contributed by atoms with Gasteiger partial charge in [0.2, 0.25) is 0 Å². The second kappa shape index (κ2) is 12.1. The van der Waals surface area contributed by atoms with Crippen molar-refractivity contribution in [2.75, 3.05) is 0 Å². The molecule has 1 aliphatic rings. The summed E-state index contributed by atoms with van der Waals surface area (Å²) in [4.78, 5) is 0. The summed E-state index contributed by atoms with van der Waals surface area (Å²) in [6, 6.07) is 21.1. The summed E-state index contributed by atoms with van der Waals surface area (Å²) in [5.74, 6) is 0.618. The van der Waals surface area contributed by atoms with Crippen molar-refractivity contribution in [3.8, 4) is 17.2 Å². The van der Waals surface area contributed by atoms with Gasteiger partial charge < -0.3 is 0 Å². The third-order valence-electron chi connectivity index (χ3n) is 7.43. The first-order chi connectivity index (χ1) is 15.2. The smallest absolute Gasteiger partial charge is 0.0689 e. The van der Waals surface area contributed by atoms with E-state index in [2.05, 4.69) is 68.4 Å². The highest BCUT2D eigenvalue weighted by atomic mass is 14.4. The maximum Gasteiger partial charge on any atom is 0.0689 e. The monoisotopic (exact) mass is 415 g/mol. The number of nitriles is 1. The number of hydrogen-bond acceptors (Lipinski definition) is 1. The Kier molecular flexibility index (Phi) is 9.20. The average molecular weight is 416 g/mol. The van der Waals surface area contributed by atoms with Crippen molar-refractivity contribution in [2.45, 2.75) is 103 Å². The first kappa shape index (κ1) is 23.6. The fourth-order valence-electron chi connectivity index (χ4n) is 5.18. The Balaban J connectivity index is 1.53. The molecule has 0 aromatic heterocycles. The highest BCUT2D eigenvalue weighted by Crippen LogP contribution is 2.45. The molecule has 0 radical (unpaired) electrons. The molecular formula is C30H41N. The SMILES string of the molecule is CCCCCCCc1ccc(-c2ccc([C@H]3CC[C@@](C#N)(CCCC)CC3)cc2)cc1. The number of unbranched alkanes of at least 4 members (excludes halogenated alkanes) is 5. The summed E-state index contributed by atoms with van der Waals surface area (Å²) in [5, 5.41) is 9.74. The molecule has 1 nitrogen and oxygen atoms in total. The number of rotatable bonds is 11. The first-order valence-electron chi connectivity index (χ1n) is 12.8. The van der Waals surface area contributed by atoms with Crippen molar-refractivity contribution in [3.63, 3.8) is 0 Å². The van der Waals surface area contributed by atoms with Gasteiger partial charge in [0.25, 0.3) is 0 Å². The summed E-state index contributed by atoms with van der Waals surface area (Å²) in [6.07, 6.45) is 15.8. The summed E-state index contributed by atoms with van der Waals surface area (Å²) >= 11 is 0. The number of benzene rings is 2. The predicted octanol–water partition coefficient (Wildman–Crippen LogP) is 9.22. The number of nitrogens with zero attached hydrogens (tertiary/aromatic N) is 1. The Labute approximate surface area is 190 Å². The van der Waals surface area contributed by atoms with Crippen molar-refractivity contribution < 1.29 is 0 Å². The molecule has 1 saturated carbocycles. The Morgan fingerprint density at radius 3 is 1.94 bits per heavy atom. The maximum absolute atomic E-state index is 9.74. The van der Waals surface area contributed by atoms with Crippen LogP contribution in [0.4, 0.5) is 0 Å². The molecule has 0 spiro atoms. The molecule has 0 atom stereocenters. The van der Waals surface area contributed by atoms with Crippen molar-refractivity contribution in [2.24, 2.45) is 5.41 Å². The van der Waals surface area contributed by atoms with Crippen molar-refractivity contribution in [1.29, 1.82) is 5.26 Å². The lowest BCUT2D eigenvalue weighted by Crippen LogP contribution is -2.25. The number of hydrogen-bond donors (Lipinski definition) is 0. The Hall–Kier alpha value is -2.07. The van der Waals surface area contributed by atoms with Crippen LogP contribution in [0.1, 0.15) is 108 Å². The van der Waals surface area contributed by atoms with Gasteiger partial charge in [0.1, 0.15) is 0 Å². The van der Waals surface area contributed by atoms with Crippen LogP contribution in [0.3, 0.4) is 0 Å². The van der Waals surface area contributed by atoms with Gasteiger partial charge in [-0.3, -0.25) is 0 Å². The molecule has 0 aliphatic heterocycles. The Bertz CT molecular complexity index is 801. The van der Waals surface area contributed by atoms with E-state index in [4.69, 9.17) is 0 Å². The van der Waals surface area contributed by atoms with Gasteiger partial charge in [-0.2, -0.15) is 5.26 Å². The van der Waals surface area contributed by atoms with Crippen molar-refractivity contribution in [1.82, 2.24) is 0 Å². The van der Waals surface area contributed by atoms with Crippen molar-refractivity contribution >= 4 is 0 Å². The van der Waals surface area contributed by atoms with Crippen LogP contribution >= 0.6 is 0 Å². The van der Waals surface area contributed by atoms with Crippen LogP contribution in [0.15, 0.2) is 48.5 Å². The second-order valence-corrected chi connectivity index (χ2v) is 9.75. The second-order valence-electron chi connectivity index (χ2n) is 9.75. The largest absolute Gasteiger partial charge is 0.198 e. The van der Waals surface area contributed by atoms with Gasteiger partial charge in [0, 0.05) is 0 Å². The van der Waals surface area contributed by atoms with E-state index in [9.17, 15) is 5.26 Å². The highest BCUT2D eigenvalue weighted by Gasteiger charge is 2.35. The van der Waals surface area contributed by atoms with E-state index in [-0.39, 0.29) is 5.41 Å². The lowest BCUT2D eigenvalue weighted by Gasteiger charge is -2.35. The van der Waals surface area contributed by atoms with Gasteiger partial charge in [-0.1, -0.05) is 101 Å². The van der Waals surface area contributed by atoms with Gasteiger partial charge in [0.15, 0.2) is 0 Å². The molecule has 2 aromatic carbocycles. The summed E-state index contributed by atoms with van der Waals surface area (Å²) in [7, 11) is 0. The van der Waals surface area contributed by atoms with Gasteiger partial charge in [0.05, 0.1) is 11.5 Å². The summed E-state index contributed by atoms with van der Waals surface area (Å²) in [5.41, 5.74) is 5.48. The van der Waals surface area contributed by atoms with Crippen LogP contribution in [0.5, 0.6) is 0 Å². The lowest BCUT2D eigenvalue weighted by atomic mass is 9.67. The van der Waals surface area contributed by atoms with Crippen LogP contribution in [0, 0.1) is 16.7 Å².